The molecule has 0 aliphatic carbocycles. The monoisotopic (exact) mass is 476 g/mol. The Kier molecular flexibility index (Phi) is 23.7. The van der Waals surface area contributed by atoms with Gasteiger partial charge in [-0.1, -0.05) is 26.0 Å². The fourth-order valence-electron chi connectivity index (χ4n) is 2.16. The van der Waals surface area contributed by atoms with Crippen molar-refractivity contribution in [2.24, 2.45) is 0 Å². The van der Waals surface area contributed by atoms with Gasteiger partial charge in [0.25, 0.3) is 0 Å². The van der Waals surface area contributed by atoms with Crippen LogP contribution < -0.4 is 0 Å². The summed E-state index contributed by atoms with van der Waals surface area (Å²) in [6.07, 6.45) is 5.17. The number of aliphatic hydroxyl groups excluding tert-OH is 2. The van der Waals surface area contributed by atoms with E-state index in [0.29, 0.717) is 13.2 Å². The van der Waals surface area contributed by atoms with E-state index in [9.17, 15) is 9.59 Å². The Bertz CT molecular complexity index is 504. The van der Waals surface area contributed by atoms with Gasteiger partial charge >= 0.3 is 11.9 Å². The van der Waals surface area contributed by atoms with Crippen LogP contribution >= 0.6 is 0 Å². The molecule has 9 nitrogen and oxygen atoms in total. The Hall–Kier alpha value is -1.78. The molecule has 194 valence electrons. The third-order valence-electron chi connectivity index (χ3n) is 4.02. The van der Waals surface area contributed by atoms with E-state index in [2.05, 4.69) is 13.2 Å². The van der Waals surface area contributed by atoms with E-state index in [4.69, 9.17) is 33.9 Å². The zero-order valence-electron chi connectivity index (χ0n) is 20.7. The van der Waals surface area contributed by atoms with Crippen LogP contribution in [0.4, 0.5) is 0 Å². The van der Waals surface area contributed by atoms with Crippen molar-refractivity contribution in [3.05, 3.63) is 25.3 Å². The average Bonchev–Trinajstić information content (AvgIpc) is 2.81. The SMILES string of the molecule is C=CC(=O)OCC(C)OCC(C)OCC(C)OCC(C)OC(=O)C=C.OCCCCCCO. The van der Waals surface area contributed by atoms with Crippen LogP contribution in [0.2, 0.25) is 0 Å². The van der Waals surface area contributed by atoms with E-state index in [-0.39, 0.29) is 50.8 Å². The molecule has 2 N–H and O–H groups in total. The van der Waals surface area contributed by atoms with Crippen LogP contribution in [0.5, 0.6) is 0 Å². The molecule has 9 heteroatoms. The fraction of sp³-hybridized carbons (Fsp3) is 0.750. The molecule has 0 fully saturated rings. The molecule has 0 bridgehead atoms. The van der Waals surface area contributed by atoms with Gasteiger partial charge < -0.3 is 33.9 Å². The van der Waals surface area contributed by atoms with Gasteiger partial charge in [0.1, 0.15) is 12.7 Å². The molecule has 0 heterocycles. The number of carbonyl (C=O) groups is 2. The van der Waals surface area contributed by atoms with E-state index in [1.807, 2.05) is 13.8 Å². The lowest BCUT2D eigenvalue weighted by Gasteiger charge is -2.21. The van der Waals surface area contributed by atoms with Crippen molar-refractivity contribution < 1.29 is 43.5 Å². The number of carbonyl (C=O) groups excluding carboxylic acids is 2. The van der Waals surface area contributed by atoms with Crippen LogP contribution in [0.15, 0.2) is 25.3 Å². The highest BCUT2D eigenvalue weighted by Crippen LogP contribution is 2.03. The minimum absolute atomic E-state index is 0.139. The Labute approximate surface area is 198 Å². The number of hydrogen-bond donors (Lipinski definition) is 2. The van der Waals surface area contributed by atoms with E-state index >= 15 is 0 Å². The average molecular weight is 477 g/mol. The molecule has 0 radical (unpaired) electrons. The molecule has 0 aromatic rings. The van der Waals surface area contributed by atoms with Crippen LogP contribution in [0, 0.1) is 0 Å². The highest BCUT2D eigenvalue weighted by atomic mass is 16.6. The summed E-state index contributed by atoms with van der Waals surface area (Å²) in [6.45, 7) is 15.7. The molecule has 0 aliphatic rings. The molecule has 33 heavy (non-hydrogen) atoms. The second-order valence-corrected chi connectivity index (χ2v) is 7.58. The quantitative estimate of drug-likeness (QED) is 0.165. The lowest BCUT2D eigenvalue weighted by molar-refractivity contribution is -0.147. The minimum Gasteiger partial charge on any atom is -0.460 e. The van der Waals surface area contributed by atoms with Gasteiger partial charge in [-0.3, -0.25) is 0 Å². The van der Waals surface area contributed by atoms with Gasteiger partial charge in [-0.2, -0.15) is 0 Å². The van der Waals surface area contributed by atoms with Crippen molar-refractivity contribution in [3.8, 4) is 0 Å². The highest BCUT2D eigenvalue weighted by molar-refractivity contribution is 5.81. The molecular formula is C24H44O9. The summed E-state index contributed by atoms with van der Waals surface area (Å²) in [6, 6.07) is 0. The fourth-order valence-corrected chi connectivity index (χ4v) is 2.16. The molecule has 4 atom stereocenters. The van der Waals surface area contributed by atoms with Gasteiger partial charge in [0.15, 0.2) is 0 Å². The van der Waals surface area contributed by atoms with E-state index in [0.717, 1.165) is 37.8 Å². The number of esters is 2. The maximum atomic E-state index is 11.0. The number of rotatable bonds is 19. The number of aliphatic hydroxyl groups is 2. The summed E-state index contributed by atoms with van der Waals surface area (Å²) in [5.74, 6) is -0.947. The molecule has 0 saturated heterocycles. The first-order chi connectivity index (χ1) is 15.7. The lowest BCUT2D eigenvalue weighted by Crippen LogP contribution is -2.28. The summed E-state index contributed by atoms with van der Waals surface area (Å²) in [7, 11) is 0. The smallest absolute Gasteiger partial charge is 0.330 e. The number of hydrogen-bond acceptors (Lipinski definition) is 9. The Morgan fingerprint density at radius 1 is 0.667 bits per heavy atom. The molecule has 0 saturated carbocycles. The van der Waals surface area contributed by atoms with Gasteiger partial charge in [0.2, 0.25) is 0 Å². The van der Waals surface area contributed by atoms with Crippen LogP contribution in [-0.2, 0) is 33.3 Å². The summed E-state index contributed by atoms with van der Waals surface area (Å²) in [5, 5.41) is 16.6. The number of unbranched alkanes of at least 4 members (excludes halogenated alkanes) is 3. The topological polar surface area (TPSA) is 121 Å². The van der Waals surface area contributed by atoms with Gasteiger partial charge in [0.05, 0.1) is 38.1 Å². The predicted molar refractivity (Wildman–Crippen MR) is 126 cm³/mol. The second kappa shape index (κ2) is 23.4. The van der Waals surface area contributed by atoms with Gasteiger partial charge in [-0.25, -0.2) is 9.59 Å². The van der Waals surface area contributed by atoms with Crippen molar-refractivity contribution in [1.82, 2.24) is 0 Å². The largest absolute Gasteiger partial charge is 0.460 e. The summed E-state index contributed by atoms with van der Waals surface area (Å²) >= 11 is 0. The molecular weight excluding hydrogens is 432 g/mol. The standard InChI is InChI=1S/C18H30O7.C6H14O2/c1-7-17(19)24-11-15(5)22-9-13(3)21-10-14(4)23-12-16(6)25-18(20)8-2;7-5-3-1-2-4-6-8/h7-8,13-16H,1-2,9-12H2,3-6H3;7-8H,1-6H2. The summed E-state index contributed by atoms with van der Waals surface area (Å²) in [4.78, 5) is 22.0. The second-order valence-electron chi connectivity index (χ2n) is 7.58. The summed E-state index contributed by atoms with van der Waals surface area (Å²) in [5.41, 5.74) is 0. The molecule has 0 rings (SSSR count). The molecule has 0 aliphatic heterocycles. The normalized spacial score (nSPS) is 14.1. The first kappa shape index (κ1) is 33.4. The van der Waals surface area contributed by atoms with Crippen LogP contribution in [0.25, 0.3) is 0 Å². The molecule has 0 amide bonds. The van der Waals surface area contributed by atoms with Gasteiger partial charge in [-0.05, 0) is 40.5 Å². The van der Waals surface area contributed by atoms with Crippen molar-refractivity contribution >= 4 is 11.9 Å². The molecule has 0 spiro atoms. The maximum Gasteiger partial charge on any atom is 0.330 e. The van der Waals surface area contributed by atoms with Crippen LogP contribution in [0.1, 0.15) is 53.4 Å². The Morgan fingerprint density at radius 3 is 1.45 bits per heavy atom. The third-order valence-corrected chi connectivity index (χ3v) is 4.02. The van der Waals surface area contributed by atoms with Crippen molar-refractivity contribution in [3.63, 3.8) is 0 Å². The zero-order valence-corrected chi connectivity index (χ0v) is 20.7. The summed E-state index contributed by atoms with van der Waals surface area (Å²) < 4.78 is 26.6. The maximum absolute atomic E-state index is 11.0. The lowest BCUT2D eigenvalue weighted by atomic mass is 10.2. The highest BCUT2D eigenvalue weighted by Gasteiger charge is 2.13. The van der Waals surface area contributed by atoms with E-state index < -0.39 is 11.9 Å². The van der Waals surface area contributed by atoms with E-state index in [1.54, 1.807) is 13.8 Å². The van der Waals surface area contributed by atoms with Crippen LogP contribution in [0.3, 0.4) is 0 Å². The zero-order chi connectivity index (χ0) is 25.5. The Morgan fingerprint density at radius 2 is 1.06 bits per heavy atom. The third kappa shape index (κ3) is 24.7. The minimum atomic E-state index is -0.473. The van der Waals surface area contributed by atoms with Crippen molar-refractivity contribution in [2.75, 3.05) is 39.6 Å². The van der Waals surface area contributed by atoms with Gasteiger partial charge in [-0.15, -0.1) is 0 Å². The first-order valence-corrected chi connectivity index (χ1v) is 11.4. The number of ether oxygens (including phenoxy) is 5. The van der Waals surface area contributed by atoms with Crippen LogP contribution in [-0.4, -0.2) is 86.2 Å². The predicted octanol–water partition coefficient (Wildman–Crippen LogP) is 2.58. The van der Waals surface area contributed by atoms with E-state index in [1.165, 1.54) is 0 Å². The van der Waals surface area contributed by atoms with Gasteiger partial charge in [0, 0.05) is 25.4 Å². The first-order valence-electron chi connectivity index (χ1n) is 11.4. The van der Waals surface area contributed by atoms with Crippen molar-refractivity contribution in [1.29, 1.82) is 0 Å². The Balaban J connectivity index is 0. The molecule has 0 aromatic carbocycles. The molecule has 0 aromatic heterocycles. The molecule has 4 unspecified atom stereocenters. The van der Waals surface area contributed by atoms with Crippen molar-refractivity contribution in [2.45, 2.75) is 77.8 Å².